The van der Waals surface area contributed by atoms with Gasteiger partial charge in [-0.25, -0.2) is 0 Å². The van der Waals surface area contributed by atoms with Crippen molar-refractivity contribution >= 4 is 12.0 Å². The van der Waals surface area contributed by atoms with Crippen molar-refractivity contribution in [3.63, 3.8) is 0 Å². The number of hydrogen-bond acceptors (Lipinski definition) is 4. The molecule has 0 aliphatic heterocycles. The number of methoxy groups -OCH3 is 2. The summed E-state index contributed by atoms with van der Waals surface area (Å²) in [7, 11) is 3.15. The highest BCUT2D eigenvalue weighted by molar-refractivity contribution is 5.91. The third-order valence-corrected chi connectivity index (χ3v) is 2.28. The fraction of sp³-hybridized carbons (Fsp3) is 0.308. The lowest BCUT2D eigenvalue weighted by atomic mass is 10.2. The molecule has 3 N–H and O–H groups in total. The van der Waals surface area contributed by atoms with Crippen LogP contribution in [0.5, 0.6) is 11.5 Å². The van der Waals surface area contributed by atoms with Crippen molar-refractivity contribution in [2.45, 2.75) is 0 Å². The van der Waals surface area contributed by atoms with Gasteiger partial charge in [-0.15, -0.1) is 0 Å². The lowest BCUT2D eigenvalue weighted by molar-refractivity contribution is -0.116. The van der Waals surface area contributed by atoms with Gasteiger partial charge in [0.25, 0.3) is 0 Å². The number of carbonyl (C=O) groups is 1. The zero-order valence-electron chi connectivity index (χ0n) is 10.6. The van der Waals surface area contributed by atoms with E-state index in [2.05, 4.69) is 5.32 Å². The van der Waals surface area contributed by atoms with Gasteiger partial charge >= 0.3 is 0 Å². The van der Waals surface area contributed by atoms with E-state index in [0.29, 0.717) is 24.6 Å². The minimum absolute atomic E-state index is 0.171. The van der Waals surface area contributed by atoms with Crippen LogP contribution in [0.25, 0.3) is 6.08 Å². The molecule has 0 atom stereocenters. The van der Waals surface area contributed by atoms with Crippen molar-refractivity contribution < 1.29 is 14.3 Å². The number of ether oxygens (including phenoxy) is 2. The van der Waals surface area contributed by atoms with Crippen molar-refractivity contribution in [2.24, 2.45) is 5.73 Å². The highest BCUT2D eigenvalue weighted by Crippen LogP contribution is 2.27. The van der Waals surface area contributed by atoms with Crippen molar-refractivity contribution in [3.05, 3.63) is 29.8 Å². The maximum atomic E-state index is 11.3. The molecule has 18 heavy (non-hydrogen) atoms. The average molecular weight is 250 g/mol. The highest BCUT2D eigenvalue weighted by Gasteiger charge is 2.02. The van der Waals surface area contributed by atoms with Crippen LogP contribution in [0, 0.1) is 0 Å². The normalized spacial score (nSPS) is 10.4. The second-order valence-electron chi connectivity index (χ2n) is 3.53. The predicted molar refractivity (Wildman–Crippen MR) is 70.6 cm³/mol. The summed E-state index contributed by atoms with van der Waals surface area (Å²) in [6.07, 6.45) is 3.16. The Bertz CT molecular complexity index is 430. The predicted octanol–water partition coefficient (Wildman–Crippen LogP) is 0.792. The summed E-state index contributed by atoms with van der Waals surface area (Å²) in [5.74, 6) is 1.11. The molecule has 0 heterocycles. The molecule has 1 aromatic carbocycles. The van der Waals surface area contributed by atoms with Crippen molar-refractivity contribution in [3.8, 4) is 11.5 Å². The Hall–Kier alpha value is -2.01. The van der Waals surface area contributed by atoms with Crippen LogP contribution in [-0.2, 0) is 4.79 Å². The molecule has 5 nitrogen and oxygen atoms in total. The van der Waals surface area contributed by atoms with Crippen LogP contribution in [0.15, 0.2) is 24.3 Å². The van der Waals surface area contributed by atoms with Crippen LogP contribution < -0.4 is 20.5 Å². The number of carbonyl (C=O) groups excluding carboxylic acids is 1. The van der Waals surface area contributed by atoms with E-state index >= 15 is 0 Å². The van der Waals surface area contributed by atoms with E-state index in [1.54, 1.807) is 32.4 Å². The number of nitrogens with one attached hydrogen (secondary N) is 1. The Balaban J connectivity index is 2.73. The van der Waals surface area contributed by atoms with Gasteiger partial charge < -0.3 is 20.5 Å². The van der Waals surface area contributed by atoms with Gasteiger partial charge in [-0.3, -0.25) is 4.79 Å². The Morgan fingerprint density at radius 3 is 2.67 bits per heavy atom. The Morgan fingerprint density at radius 2 is 2.06 bits per heavy atom. The smallest absolute Gasteiger partial charge is 0.244 e. The van der Waals surface area contributed by atoms with Crippen molar-refractivity contribution in [2.75, 3.05) is 27.3 Å². The Kier molecular flexibility index (Phi) is 5.73. The zero-order valence-corrected chi connectivity index (χ0v) is 10.6. The summed E-state index contributed by atoms with van der Waals surface area (Å²) in [5, 5.41) is 2.65. The minimum atomic E-state index is -0.171. The van der Waals surface area contributed by atoms with Gasteiger partial charge in [0.15, 0.2) is 11.5 Å². The number of hydrogen-bond donors (Lipinski definition) is 2. The van der Waals surface area contributed by atoms with E-state index in [1.807, 2.05) is 6.07 Å². The second kappa shape index (κ2) is 7.34. The number of amides is 1. The fourth-order valence-electron chi connectivity index (χ4n) is 1.38. The van der Waals surface area contributed by atoms with Gasteiger partial charge in [-0.1, -0.05) is 6.07 Å². The summed E-state index contributed by atoms with van der Waals surface area (Å²) >= 11 is 0. The topological polar surface area (TPSA) is 73.6 Å². The number of nitrogens with two attached hydrogens (primary N) is 1. The van der Waals surface area contributed by atoms with Crippen LogP contribution in [0.1, 0.15) is 5.56 Å². The van der Waals surface area contributed by atoms with Crippen LogP contribution in [0.3, 0.4) is 0 Å². The van der Waals surface area contributed by atoms with Crippen LogP contribution in [0.2, 0.25) is 0 Å². The molecule has 0 spiro atoms. The lowest BCUT2D eigenvalue weighted by Gasteiger charge is -2.07. The molecular weight excluding hydrogens is 232 g/mol. The molecule has 1 rings (SSSR count). The SMILES string of the molecule is COc1ccc(/C=C/C(=O)NCCN)cc1OC. The molecule has 0 aliphatic carbocycles. The molecule has 0 aromatic heterocycles. The molecule has 0 bridgehead atoms. The first-order valence-electron chi connectivity index (χ1n) is 5.59. The van der Waals surface area contributed by atoms with Gasteiger partial charge in [0.05, 0.1) is 14.2 Å². The molecule has 0 unspecified atom stereocenters. The second-order valence-corrected chi connectivity index (χ2v) is 3.53. The monoisotopic (exact) mass is 250 g/mol. The molecular formula is C13H18N2O3. The van der Waals surface area contributed by atoms with Gasteiger partial charge in [-0.2, -0.15) is 0 Å². The molecule has 5 heteroatoms. The molecule has 1 aromatic rings. The van der Waals surface area contributed by atoms with Gasteiger partial charge in [0.1, 0.15) is 0 Å². The summed E-state index contributed by atoms with van der Waals surface area (Å²) in [4.78, 5) is 11.3. The van der Waals surface area contributed by atoms with Gasteiger partial charge in [0, 0.05) is 19.2 Å². The summed E-state index contributed by atoms with van der Waals surface area (Å²) < 4.78 is 10.3. The maximum Gasteiger partial charge on any atom is 0.244 e. The molecule has 0 fully saturated rings. The summed E-state index contributed by atoms with van der Waals surface area (Å²) in [5.41, 5.74) is 6.14. The molecule has 0 saturated heterocycles. The third-order valence-electron chi connectivity index (χ3n) is 2.28. The first kappa shape index (κ1) is 14.1. The quantitative estimate of drug-likeness (QED) is 0.732. The van der Waals surface area contributed by atoms with Crippen LogP contribution >= 0.6 is 0 Å². The van der Waals surface area contributed by atoms with E-state index in [-0.39, 0.29) is 5.91 Å². The maximum absolute atomic E-state index is 11.3. The van der Waals surface area contributed by atoms with E-state index < -0.39 is 0 Å². The Morgan fingerprint density at radius 1 is 1.33 bits per heavy atom. The first-order chi connectivity index (χ1) is 8.71. The molecule has 0 radical (unpaired) electrons. The summed E-state index contributed by atoms with van der Waals surface area (Å²) in [6, 6.07) is 5.43. The van der Waals surface area contributed by atoms with E-state index in [9.17, 15) is 4.79 Å². The highest BCUT2D eigenvalue weighted by atomic mass is 16.5. The molecule has 0 aliphatic rings. The van der Waals surface area contributed by atoms with E-state index in [4.69, 9.17) is 15.2 Å². The van der Waals surface area contributed by atoms with E-state index in [1.165, 1.54) is 6.08 Å². The third kappa shape index (κ3) is 4.10. The first-order valence-corrected chi connectivity index (χ1v) is 5.59. The zero-order chi connectivity index (χ0) is 13.4. The summed E-state index contributed by atoms with van der Waals surface area (Å²) in [6.45, 7) is 0.894. The van der Waals surface area contributed by atoms with Gasteiger partial charge in [0.2, 0.25) is 5.91 Å². The molecule has 98 valence electrons. The van der Waals surface area contributed by atoms with Crippen molar-refractivity contribution in [1.29, 1.82) is 0 Å². The fourth-order valence-corrected chi connectivity index (χ4v) is 1.38. The average Bonchev–Trinajstić information content (AvgIpc) is 2.42. The standard InChI is InChI=1S/C13H18N2O3/c1-17-11-5-3-10(9-12(11)18-2)4-6-13(16)15-8-7-14/h3-6,9H,7-8,14H2,1-2H3,(H,15,16)/b6-4+. The minimum Gasteiger partial charge on any atom is -0.493 e. The number of rotatable bonds is 6. The number of benzene rings is 1. The van der Waals surface area contributed by atoms with Crippen LogP contribution in [-0.4, -0.2) is 33.2 Å². The van der Waals surface area contributed by atoms with Gasteiger partial charge in [-0.05, 0) is 23.8 Å². The largest absolute Gasteiger partial charge is 0.493 e. The van der Waals surface area contributed by atoms with Crippen molar-refractivity contribution in [1.82, 2.24) is 5.32 Å². The lowest BCUT2D eigenvalue weighted by Crippen LogP contribution is -2.27. The Labute approximate surface area is 107 Å². The van der Waals surface area contributed by atoms with Crippen LogP contribution in [0.4, 0.5) is 0 Å². The molecule has 1 amide bonds. The molecule has 0 saturated carbocycles. The van der Waals surface area contributed by atoms with E-state index in [0.717, 1.165) is 5.56 Å².